The Balaban J connectivity index is 1.89. The number of amides is 2. The molecule has 7 nitrogen and oxygen atoms in total. The van der Waals surface area contributed by atoms with E-state index in [1.807, 2.05) is 12.1 Å². The first-order chi connectivity index (χ1) is 9.69. The molecular weight excluding hydrogens is 282 g/mol. The van der Waals surface area contributed by atoms with E-state index >= 15 is 0 Å². The van der Waals surface area contributed by atoms with Crippen LogP contribution in [0, 0.1) is 0 Å². The van der Waals surface area contributed by atoms with Crippen molar-refractivity contribution in [2.45, 2.75) is 6.10 Å². The fourth-order valence-corrected chi connectivity index (χ4v) is 1.85. The number of carbonyl (C=O) groups is 1. The minimum absolute atomic E-state index is 0.281. The summed E-state index contributed by atoms with van der Waals surface area (Å²) in [5.41, 5.74) is 0.890. The number of nitrogens with one attached hydrogen (secondary N) is 3. The first-order valence-corrected chi connectivity index (χ1v) is 6.25. The second kappa shape index (κ2) is 6.88. The van der Waals surface area contributed by atoms with Crippen molar-refractivity contribution < 1.29 is 9.53 Å². The third-order valence-corrected chi connectivity index (χ3v) is 2.84. The maximum absolute atomic E-state index is 11.6. The van der Waals surface area contributed by atoms with Gasteiger partial charge in [0.2, 0.25) is 0 Å². The van der Waals surface area contributed by atoms with Gasteiger partial charge in [0.15, 0.2) is 5.82 Å². The highest BCUT2D eigenvalue weighted by molar-refractivity contribution is 6.30. The van der Waals surface area contributed by atoms with Gasteiger partial charge in [0.25, 0.3) is 0 Å². The molecule has 2 amide bonds. The summed E-state index contributed by atoms with van der Waals surface area (Å²) in [5.74, 6) is 0.347. The molecule has 0 aliphatic heterocycles. The van der Waals surface area contributed by atoms with Gasteiger partial charge in [0, 0.05) is 18.7 Å². The van der Waals surface area contributed by atoms with E-state index in [4.69, 9.17) is 16.3 Å². The van der Waals surface area contributed by atoms with E-state index in [2.05, 4.69) is 26.0 Å². The van der Waals surface area contributed by atoms with Crippen LogP contribution in [0.15, 0.2) is 30.5 Å². The van der Waals surface area contributed by atoms with Crippen LogP contribution in [0.3, 0.4) is 0 Å². The predicted octanol–water partition coefficient (Wildman–Crippen LogP) is 1.97. The third kappa shape index (κ3) is 3.94. The zero-order chi connectivity index (χ0) is 14.4. The molecule has 1 heterocycles. The summed E-state index contributed by atoms with van der Waals surface area (Å²) in [4.78, 5) is 11.6. The van der Waals surface area contributed by atoms with Gasteiger partial charge in [0.05, 0.1) is 12.3 Å². The van der Waals surface area contributed by atoms with Crippen LogP contribution in [-0.2, 0) is 4.74 Å². The number of H-pyrrole nitrogens is 1. The molecule has 0 aliphatic rings. The molecule has 0 saturated carbocycles. The maximum atomic E-state index is 11.6. The van der Waals surface area contributed by atoms with Crippen LogP contribution in [0.5, 0.6) is 0 Å². The van der Waals surface area contributed by atoms with Crippen LogP contribution >= 0.6 is 11.6 Å². The smallest absolute Gasteiger partial charge is 0.320 e. The van der Waals surface area contributed by atoms with Gasteiger partial charge in [-0.2, -0.15) is 10.3 Å². The molecule has 1 unspecified atom stereocenters. The Kier molecular flexibility index (Phi) is 4.91. The molecule has 0 fully saturated rings. The average molecular weight is 296 g/mol. The van der Waals surface area contributed by atoms with E-state index in [0.29, 0.717) is 17.4 Å². The fourth-order valence-electron chi connectivity index (χ4n) is 1.65. The highest BCUT2D eigenvalue weighted by Crippen LogP contribution is 2.19. The standard InChI is InChI=1S/C12H14ClN5O2/c1-20-10(8-3-2-4-9(13)5-8)6-14-12(19)16-11-7-15-18-17-11/h2-5,7,10H,6H2,1H3,(H3,14,15,16,17,18,19). The van der Waals surface area contributed by atoms with E-state index < -0.39 is 0 Å². The van der Waals surface area contributed by atoms with Crippen LogP contribution in [0.2, 0.25) is 5.02 Å². The highest BCUT2D eigenvalue weighted by Gasteiger charge is 2.12. The molecule has 2 rings (SSSR count). The zero-order valence-electron chi connectivity index (χ0n) is 10.8. The van der Waals surface area contributed by atoms with Crippen molar-refractivity contribution in [3.8, 4) is 0 Å². The van der Waals surface area contributed by atoms with E-state index in [1.165, 1.54) is 6.20 Å². The number of aromatic amines is 1. The van der Waals surface area contributed by atoms with Crippen LogP contribution in [-0.4, -0.2) is 35.1 Å². The number of hydrogen-bond donors (Lipinski definition) is 3. The largest absolute Gasteiger partial charge is 0.375 e. The molecule has 0 radical (unpaired) electrons. The molecule has 1 atom stereocenters. The van der Waals surface area contributed by atoms with Crippen molar-refractivity contribution in [1.82, 2.24) is 20.7 Å². The van der Waals surface area contributed by atoms with E-state index in [0.717, 1.165) is 5.56 Å². The predicted molar refractivity (Wildman–Crippen MR) is 74.6 cm³/mol. The van der Waals surface area contributed by atoms with Gasteiger partial charge in [0.1, 0.15) is 0 Å². The van der Waals surface area contributed by atoms with Crippen LogP contribution in [0.4, 0.5) is 10.6 Å². The minimum atomic E-state index is -0.386. The van der Waals surface area contributed by atoms with Crippen LogP contribution in [0.1, 0.15) is 11.7 Å². The number of benzene rings is 1. The van der Waals surface area contributed by atoms with Crippen molar-refractivity contribution in [2.75, 3.05) is 19.0 Å². The van der Waals surface area contributed by atoms with Crippen LogP contribution in [0.25, 0.3) is 0 Å². The monoisotopic (exact) mass is 295 g/mol. The van der Waals surface area contributed by atoms with Crippen LogP contribution < -0.4 is 10.6 Å². The third-order valence-electron chi connectivity index (χ3n) is 2.61. The lowest BCUT2D eigenvalue weighted by molar-refractivity contribution is 0.104. The Morgan fingerprint density at radius 2 is 2.40 bits per heavy atom. The molecule has 8 heteroatoms. The molecule has 1 aromatic heterocycles. The Labute approximate surface area is 120 Å². The summed E-state index contributed by atoms with van der Waals surface area (Å²) in [6.07, 6.45) is 1.13. The van der Waals surface area contributed by atoms with E-state index in [1.54, 1.807) is 19.2 Å². The van der Waals surface area contributed by atoms with E-state index in [9.17, 15) is 4.79 Å². The summed E-state index contributed by atoms with van der Waals surface area (Å²) < 4.78 is 5.34. The van der Waals surface area contributed by atoms with E-state index in [-0.39, 0.29) is 12.1 Å². The van der Waals surface area contributed by atoms with Crippen molar-refractivity contribution in [3.63, 3.8) is 0 Å². The number of nitrogens with zero attached hydrogens (tertiary/aromatic N) is 2. The Hall–Kier alpha value is -2.12. The lowest BCUT2D eigenvalue weighted by Crippen LogP contribution is -2.33. The highest BCUT2D eigenvalue weighted by atomic mass is 35.5. The number of anilines is 1. The van der Waals surface area contributed by atoms with Gasteiger partial charge in [-0.15, -0.1) is 5.10 Å². The van der Waals surface area contributed by atoms with Gasteiger partial charge in [-0.05, 0) is 17.7 Å². The van der Waals surface area contributed by atoms with Gasteiger partial charge in [-0.3, -0.25) is 5.32 Å². The molecule has 1 aromatic carbocycles. The summed E-state index contributed by atoms with van der Waals surface area (Å²) in [6, 6.07) is 6.91. The Morgan fingerprint density at radius 1 is 1.55 bits per heavy atom. The van der Waals surface area contributed by atoms with Crippen molar-refractivity contribution in [3.05, 3.63) is 41.0 Å². The number of methoxy groups -OCH3 is 1. The molecular formula is C12H14ClN5O2. The van der Waals surface area contributed by atoms with Crippen molar-refractivity contribution in [1.29, 1.82) is 0 Å². The lowest BCUT2D eigenvalue weighted by Gasteiger charge is -2.16. The maximum Gasteiger partial charge on any atom is 0.320 e. The number of rotatable bonds is 5. The van der Waals surface area contributed by atoms with Gasteiger partial charge < -0.3 is 10.1 Å². The number of urea groups is 1. The quantitative estimate of drug-likeness (QED) is 0.786. The molecule has 0 saturated heterocycles. The van der Waals surface area contributed by atoms with Gasteiger partial charge in [-0.1, -0.05) is 23.7 Å². The Bertz CT molecular complexity index is 561. The van der Waals surface area contributed by atoms with Gasteiger partial charge in [-0.25, -0.2) is 4.79 Å². The molecule has 20 heavy (non-hydrogen) atoms. The first kappa shape index (κ1) is 14.3. The second-order valence-electron chi connectivity index (χ2n) is 3.97. The molecule has 0 aliphatic carbocycles. The molecule has 106 valence electrons. The number of aromatic nitrogens is 3. The Morgan fingerprint density at radius 3 is 3.05 bits per heavy atom. The van der Waals surface area contributed by atoms with Crippen molar-refractivity contribution >= 4 is 23.4 Å². The summed E-state index contributed by atoms with van der Waals surface area (Å²) in [7, 11) is 1.57. The zero-order valence-corrected chi connectivity index (χ0v) is 11.5. The number of halogens is 1. The summed E-state index contributed by atoms with van der Waals surface area (Å²) in [6.45, 7) is 0.306. The summed E-state index contributed by atoms with van der Waals surface area (Å²) in [5, 5.41) is 15.5. The average Bonchev–Trinajstić information content (AvgIpc) is 2.92. The number of ether oxygens (including phenoxy) is 1. The number of hydrogen-bond acceptors (Lipinski definition) is 4. The fraction of sp³-hybridized carbons (Fsp3) is 0.250. The van der Waals surface area contributed by atoms with Crippen molar-refractivity contribution in [2.24, 2.45) is 0 Å². The van der Waals surface area contributed by atoms with Gasteiger partial charge >= 0.3 is 6.03 Å². The minimum Gasteiger partial charge on any atom is -0.375 e. The molecule has 0 spiro atoms. The summed E-state index contributed by atoms with van der Waals surface area (Å²) >= 11 is 5.93. The normalized spacial score (nSPS) is 11.9. The first-order valence-electron chi connectivity index (χ1n) is 5.88. The molecule has 0 bridgehead atoms. The molecule has 3 N–H and O–H groups in total. The second-order valence-corrected chi connectivity index (χ2v) is 4.41. The molecule has 2 aromatic rings. The number of carbonyl (C=O) groups excluding carboxylic acids is 1. The lowest BCUT2D eigenvalue weighted by atomic mass is 10.1. The SMILES string of the molecule is COC(CNC(=O)Nc1cn[nH]n1)c1cccc(Cl)c1. The topological polar surface area (TPSA) is 91.9 Å².